The number of nitrogens with zero attached hydrogens (tertiary/aromatic N) is 4. The van der Waals surface area contributed by atoms with Crippen LogP contribution in [0.4, 0.5) is 0 Å². The molecule has 1 aliphatic heterocycles. The molecule has 0 saturated heterocycles. The van der Waals surface area contributed by atoms with Crippen molar-refractivity contribution in [3.63, 3.8) is 0 Å². The van der Waals surface area contributed by atoms with E-state index in [0.717, 1.165) is 16.7 Å². The summed E-state index contributed by atoms with van der Waals surface area (Å²) in [5.41, 5.74) is 3.40. The maximum atomic E-state index is 6.56. The van der Waals surface area contributed by atoms with Gasteiger partial charge < -0.3 is 4.74 Å². The highest BCUT2D eigenvalue weighted by atomic mass is 35.5. The number of hydrogen-bond acceptors (Lipinski definition) is 5. The van der Waals surface area contributed by atoms with E-state index < -0.39 is 5.54 Å². The molecule has 2 aromatic heterocycles. The maximum Gasteiger partial charge on any atom is 0.217 e. The summed E-state index contributed by atoms with van der Waals surface area (Å²) >= 11 is 14.4. The third-order valence-electron chi connectivity index (χ3n) is 5.07. The van der Waals surface area contributed by atoms with Gasteiger partial charge in [-0.2, -0.15) is 16.4 Å². The van der Waals surface area contributed by atoms with Gasteiger partial charge in [-0.15, -0.1) is 0 Å². The highest BCUT2D eigenvalue weighted by Gasteiger charge is 2.41. The molecule has 1 aliphatic rings. The van der Waals surface area contributed by atoms with Crippen molar-refractivity contribution in [3.8, 4) is 11.1 Å². The van der Waals surface area contributed by atoms with Crippen LogP contribution in [0.1, 0.15) is 11.1 Å². The zero-order valence-electron chi connectivity index (χ0n) is 15.7. The summed E-state index contributed by atoms with van der Waals surface area (Å²) in [6.45, 7) is 0.792. The first-order chi connectivity index (χ1) is 14.6. The third kappa shape index (κ3) is 3.62. The average molecular weight is 455 g/mol. The molecule has 0 radical (unpaired) electrons. The first-order valence-electron chi connectivity index (χ1n) is 9.27. The Hall–Kier alpha value is -2.67. The van der Waals surface area contributed by atoms with Gasteiger partial charge >= 0.3 is 0 Å². The first kappa shape index (κ1) is 19.3. The normalized spacial score (nSPS) is 18.3. The maximum absolute atomic E-state index is 6.56. The minimum absolute atomic E-state index is 0.343. The zero-order valence-corrected chi connectivity index (χ0v) is 18.0. The van der Waals surface area contributed by atoms with Gasteiger partial charge in [0, 0.05) is 21.2 Å². The average Bonchev–Trinajstić information content (AvgIpc) is 3.51. The quantitative estimate of drug-likeness (QED) is 0.389. The van der Waals surface area contributed by atoms with Gasteiger partial charge in [0.05, 0.1) is 6.54 Å². The minimum Gasteiger partial charge on any atom is -0.474 e. The highest BCUT2D eigenvalue weighted by Crippen LogP contribution is 2.39. The number of benzene rings is 2. The fourth-order valence-corrected chi connectivity index (χ4v) is 4.83. The lowest BCUT2D eigenvalue weighted by Gasteiger charge is -2.25. The Morgan fingerprint density at radius 1 is 1.03 bits per heavy atom. The Bertz CT molecular complexity index is 1190. The van der Waals surface area contributed by atoms with E-state index in [4.69, 9.17) is 32.9 Å². The molecule has 3 heterocycles. The molecule has 0 spiro atoms. The van der Waals surface area contributed by atoms with Gasteiger partial charge in [0.1, 0.15) is 24.8 Å². The van der Waals surface area contributed by atoms with E-state index in [2.05, 4.69) is 39.0 Å². The predicted molar refractivity (Wildman–Crippen MR) is 120 cm³/mol. The topological polar surface area (TPSA) is 52.3 Å². The van der Waals surface area contributed by atoms with E-state index in [1.165, 1.54) is 11.9 Å². The van der Waals surface area contributed by atoms with Crippen LogP contribution in [-0.4, -0.2) is 27.3 Å². The smallest absolute Gasteiger partial charge is 0.217 e. The second-order valence-corrected chi connectivity index (χ2v) is 8.67. The first-order valence-corrected chi connectivity index (χ1v) is 11.0. The van der Waals surface area contributed by atoms with Gasteiger partial charge in [0.15, 0.2) is 0 Å². The molecule has 0 saturated carbocycles. The summed E-state index contributed by atoms with van der Waals surface area (Å²) in [5, 5.41) is 9.57. The van der Waals surface area contributed by atoms with Crippen LogP contribution in [0, 0.1) is 0 Å². The standard InChI is InChI=1S/C22H16Cl2N4OS/c23-18-5-6-19(20(24)9-18)22(11-28-14-25-13-26-28)12-29-21(27-22)16-3-1-15(2-4-16)17-7-8-30-10-17/h1-10,13-14H,11-12H2. The molecular formula is C22H16Cl2N4OS. The number of hydrogen-bond donors (Lipinski definition) is 0. The van der Waals surface area contributed by atoms with Gasteiger partial charge in [0.2, 0.25) is 5.90 Å². The van der Waals surface area contributed by atoms with Gasteiger partial charge in [0.25, 0.3) is 0 Å². The Balaban J connectivity index is 1.53. The summed E-state index contributed by atoms with van der Waals surface area (Å²) in [5.74, 6) is 0.581. The molecular weight excluding hydrogens is 439 g/mol. The van der Waals surface area contributed by atoms with Crippen molar-refractivity contribution in [1.29, 1.82) is 0 Å². The summed E-state index contributed by atoms with van der Waals surface area (Å²) in [7, 11) is 0. The van der Waals surface area contributed by atoms with Gasteiger partial charge in [-0.25, -0.2) is 9.98 Å². The van der Waals surface area contributed by atoms with Crippen LogP contribution >= 0.6 is 34.5 Å². The van der Waals surface area contributed by atoms with E-state index in [1.807, 2.05) is 24.3 Å². The molecule has 5 nitrogen and oxygen atoms in total. The van der Waals surface area contributed by atoms with Crippen molar-refractivity contribution in [3.05, 3.63) is 93.1 Å². The van der Waals surface area contributed by atoms with Crippen molar-refractivity contribution >= 4 is 40.4 Å². The number of ether oxygens (including phenoxy) is 1. The second-order valence-electron chi connectivity index (χ2n) is 7.04. The van der Waals surface area contributed by atoms with Gasteiger partial charge in [-0.05, 0) is 52.2 Å². The van der Waals surface area contributed by atoms with Gasteiger partial charge in [-0.1, -0.05) is 41.4 Å². The molecule has 150 valence electrons. The van der Waals surface area contributed by atoms with Crippen molar-refractivity contribution < 1.29 is 4.74 Å². The summed E-state index contributed by atoms with van der Waals surface area (Å²) in [4.78, 5) is 9.04. The number of aliphatic imine (C=N–C) groups is 1. The third-order valence-corrected chi connectivity index (χ3v) is 6.30. The molecule has 0 N–H and O–H groups in total. The number of halogens is 2. The lowest BCUT2D eigenvalue weighted by molar-refractivity contribution is 0.230. The molecule has 0 amide bonds. The van der Waals surface area contributed by atoms with Crippen LogP contribution in [0.25, 0.3) is 11.1 Å². The number of thiophene rings is 1. The Labute approximate surface area is 187 Å². The number of aromatic nitrogens is 3. The highest BCUT2D eigenvalue weighted by molar-refractivity contribution is 7.08. The Kier molecular flexibility index (Phi) is 5.06. The van der Waals surface area contributed by atoms with E-state index >= 15 is 0 Å². The van der Waals surface area contributed by atoms with Crippen molar-refractivity contribution in [2.45, 2.75) is 12.1 Å². The van der Waals surface area contributed by atoms with Crippen LogP contribution in [0.3, 0.4) is 0 Å². The molecule has 30 heavy (non-hydrogen) atoms. The van der Waals surface area contributed by atoms with Crippen LogP contribution in [0.15, 0.2) is 76.9 Å². The molecule has 5 rings (SSSR count). The van der Waals surface area contributed by atoms with E-state index in [1.54, 1.807) is 28.4 Å². The summed E-state index contributed by atoms with van der Waals surface area (Å²) in [6.07, 6.45) is 3.16. The van der Waals surface area contributed by atoms with Crippen LogP contribution < -0.4 is 0 Å². The molecule has 0 aliphatic carbocycles. The van der Waals surface area contributed by atoms with E-state index in [9.17, 15) is 0 Å². The van der Waals surface area contributed by atoms with Crippen molar-refractivity contribution in [2.75, 3.05) is 6.61 Å². The Morgan fingerprint density at radius 3 is 2.57 bits per heavy atom. The van der Waals surface area contributed by atoms with Crippen LogP contribution in [0.5, 0.6) is 0 Å². The zero-order chi connectivity index (χ0) is 20.6. The van der Waals surface area contributed by atoms with E-state index in [-0.39, 0.29) is 0 Å². The molecule has 1 unspecified atom stereocenters. The number of rotatable bonds is 5. The molecule has 0 fully saturated rings. The fraction of sp³-hybridized carbons (Fsp3) is 0.136. The molecule has 0 bridgehead atoms. The summed E-state index contributed by atoms with van der Waals surface area (Å²) in [6, 6.07) is 15.8. The second kappa shape index (κ2) is 7.87. The Morgan fingerprint density at radius 2 is 1.87 bits per heavy atom. The molecule has 2 aromatic carbocycles. The lowest BCUT2D eigenvalue weighted by atomic mass is 9.91. The minimum atomic E-state index is -0.725. The SMILES string of the molecule is Clc1ccc(C2(Cn3cncn3)COC(c3ccc(-c4ccsc4)cc3)=N2)c(Cl)c1. The van der Waals surface area contributed by atoms with Crippen LogP contribution in [-0.2, 0) is 16.8 Å². The monoisotopic (exact) mass is 454 g/mol. The van der Waals surface area contributed by atoms with Crippen molar-refractivity contribution in [1.82, 2.24) is 14.8 Å². The summed E-state index contributed by atoms with van der Waals surface area (Å²) < 4.78 is 7.81. The van der Waals surface area contributed by atoms with Crippen LogP contribution in [0.2, 0.25) is 10.0 Å². The molecule has 1 atom stereocenters. The van der Waals surface area contributed by atoms with E-state index in [0.29, 0.717) is 29.1 Å². The largest absolute Gasteiger partial charge is 0.474 e. The van der Waals surface area contributed by atoms with Gasteiger partial charge in [-0.3, -0.25) is 4.68 Å². The van der Waals surface area contributed by atoms with Crippen molar-refractivity contribution in [2.24, 2.45) is 4.99 Å². The molecule has 4 aromatic rings. The lowest BCUT2D eigenvalue weighted by Crippen LogP contribution is -2.32. The fourth-order valence-electron chi connectivity index (χ4n) is 3.58. The predicted octanol–water partition coefficient (Wildman–Crippen LogP) is 5.69. The molecule has 8 heteroatoms.